The second-order valence-electron chi connectivity index (χ2n) is 4.58. The summed E-state index contributed by atoms with van der Waals surface area (Å²) in [6.07, 6.45) is 2.16. The van der Waals surface area contributed by atoms with Gasteiger partial charge in [-0.2, -0.15) is 5.26 Å². The Morgan fingerprint density at radius 1 is 1.53 bits per heavy atom. The molecule has 92 valence electrons. The maximum absolute atomic E-state index is 8.97. The summed E-state index contributed by atoms with van der Waals surface area (Å²) in [5.41, 5.74) is 3.11. The van der Waals surface area contributed by atoms with Crippen LogP contribution in [0.1, 0.15) is 29.8 Å². The fourth-order valence-electron chi connectivity index (χ4n) is 2.20. The molecule has 0 amide bonds. The van der Waals surface area contributed by atoms with Crippen LogP contribution >= 0.6 is 0 Å². The van der Waals surface area contributed by atoms with Crippen LogP contribution in [0.2, 0.25) is 0 Å². The highest BCUT2D eigenvalue weighted by atomic mass is 16.5. The lowest BCUT2D eigenvalue weighted by Gasteiger charge is -2.23. The lowest BCUT2D eigenvalue weighted by Crippen LogP contribution is -2.34. The van der Waals surface area contributed by atoms with Crippen molar-refractivity contribution in [2.75, 3.05) is 13.2 Å². The van der Waals surface area contributed by atoms with E-state index in [4.69, 9.17) is 10.00 Å². The average molecular weight is 233 g/mol. The van der Waals surface area contributed by atoms with Gasteiger partial charge in [-0.1, -0.05) is 0 Å². The molecule has 0 atom stereocenters. The van der Waals surface area contributed by atoms with Gasteiger partial charge in [-0.15, -0.1) is 0 Å². The van der Waals surface area contributed by atoms with Crippen LogP contribution in [0.4, 0.5) is 0 Å². The molecule has 2 rings (SSSR count). The Morgan fingerprint density at radius 3 is 2.82 bits per heavy atom. The van der Waals surface area contributed by atoms with Crippen LogP contribution in [0.3, 0.4) is 0 Å². The fourth-order valence-corrected chi connectivity index (χ4v) is 2.20. The molecule has 2 heterocycles. The van der Waals surface area contributed by atoms with E-state index in [-0.39, 0.29) is 0 Å². The van der Waals surface area contributed by atoms with E-state index < -0.39 is 0 Å². The number of hydrogen-bond donors (Lipinski definition) is 1. The van der Waals surface area contributed by atoms with Gasteiger partial charge in [0.05, 0.1) is 0 Å². The molecular formula is C13H19N3O. The maximum atomic E-state index is 8.97. The van der Waals surface area contributed by atoms with Crippen LogP contribution in [0, 0.1) is 18.3 Å². The minimum Gasteiger partial charge on any atom is -0.381 e. The molecule has 1 aromatic heterocycles. The predicted octanol–water partition coefficient (Wildman–Crippen LogP) is 1.47. The molecule has 1 saturated heterocycles. The van der Waals surface area contributed by atoms with E-state index in [1.807, 2.05) is 17.7 Å². The smallest absolute Gasteiger partial charge is 0.120 e. The van der Waals surface area contributed by atoms with Crippen molar-refractivity contribution in [1.82, 2.24) is 9.88 Å². The second-order valence-corrected chi connectivity index (χ2v) is 4.58. The number of rotatable bonds is 3. The van der Waals surface area contributed by atoms with E-state index in [1.54, 1.807) is 0 Å². The Hall–Kier alpha value is -1.31. The largest absolute Gasteiger partial charge is 0.381 e. The molecule has 17 heavy (non-hydrogen) atoms. The highest BCUT2D eigenvalue weighted by molar-refractivity contribution is 5.34. The third-order valence-corrected chi connectivity index (χ3v) is 3.56. The summed E-state index contributed by atoms with van der Waals surface area (Å²) < 4.78 is 7.27. The van der Waals surface area contributed by atoms with Gasteiger partial charge in [0, 0.05) is 38.5 Å². The molecule has 0 saturated carbocycles. The van der Waals surface area contributed by atoms with Crippen molar-refractivity contribution < 1.29 is 4.74 Å². The van der Waals surface area contributed by atoms with E-state index >= 15 is 0 Å². The van der Waals surface area contributed by atoms with Crippen molar-refractivity contribution >= 4 is 0 Å². The summed E-state index contributed by atoms with van der Waals surface area (Å²) in [6.45, 7) is 4.61. The number of nitrogens with one attached hydrogen (secondary N) is 1. The summed E-state index contributed by atoms with van der Waals surface area (Å²) in [5, 5.41) is 12.5. The molecule has 0 unspecified atom stereocenters. The fraction of sp³-hybridized carbons (Fsp3) is 0.615. The number of aromatic nitrogens is 1. The molecule has 4 heteroatoms. The molecule has 1 aliphatic heterocycles. The van der Waals surface area contributed by atoms with Crippen molar-refractivity contribution in [3.05, 3.63) is 23.0 Å². The molecule has 0 spiro atoms. The lowest BCUT2D eigenvalue weighted by molar-refractivity contribution is 0.0776. The molecule has 0 radical (unpaired) electrons. The number of nitrogens with zero attached hydrogens (tertiary/aromatic N) is 2. The Balaban J connectivity index is 1.97. The van der Waals surface area contributed by atoms with Crippen molar-refractivity contribution in [2.24, 2.45) is 7.05 Å². The van der Waals surface area contributed by atoms with Gasteiger partial charge in [-0.05, 0) is 31.4 Å². The Kier molecular flexibility index (Phi) is 3.82. The first-order valence-electron chi connectivity index (χ1n) is 6.09. The zero-order valence-electron chi connectivity index (χ0n) is 10.5. The molecule has 1 fully saturated rings. The van der Waals surface area contributed by atoms with Crippen LogP contribution in [0.15, 0.2) is 6.07 Å². The zero-order valence-corrected chi connectivity index (χ0v) is 10.5. The minimum absolute atomic E-state index is 0.550. The Bertz CT molecular complexity index is 425. The zero-order chi connectivity index (χ0) is 12.3. The quantitative estimate of drug-likeness (QED) is 0.860. The maximum Gasteiger partial charge on any atom is 0.120 e. The molecule has 0 aliphatic carbocycles. The van der Waals surface area contributed by atoms with Crippen LogP contribution < -0.4 is 5.32 Å². The van der Waals surface area contributed by atoms with Gasteiger partial charge >= 0.3 is 0 Å². The standard InChI is InChI=1S/C13H19N3O/c1-10-11(7-13(8-14)16(10)2)9-15-12-3-5-17-6-4-12/h7,12,15H,3-6,9H2,1-2H3. The molecule has 0 bridgehead atoms. The van der Waals surface area contributed by atoms with E-state index in [1.165, 1.54) is 11.3 Å². The molecule has 1 aromatic rings. The van der Waals surface area contributed by atoms with Gasteiger partial charge in [0.25, 0.3) is 0 Å². The van der Waals surface area contributed by atoms with Crippen LogP contribution in [-0.4, -0.2) is 23.8 Å². The first-order chi connectivity index (χ1) is 8.22. The Labute approximate surface area is 102 Å². The SMILES string of the molecule is Cc1c(CNC2CCOCC2)cc(C#N)n1C. The molecule has 1 aliphatic rings. The third kappa shape index (κ3) is 2.68. The topological polar surface area (TPSA) is 50.0 Å². The van der Waals surface area contributed by atoms with E-state index in [0.29, 0.717) is 6.04 Å². The van der Waals surface area contributed by atoms with Gasteiger partial charge in [-0.25, -0.2) is 0 Å². The summed E-state index contributed by atoms with van der Waals surface area (Å²) in [6, 6.07) is 4.73. The monoisotopic (exact) mass is 233 g/mol. The van der Waals surface area contributed by atoms with Crippen molar-refractivity contribution in [1.29, 1.82) is 5.26 Å². The predicted molar refractivity (Wildman–Crippen MR) is 65.5 cm³/mol. The lowest BCUT2D eigenvalue weighted by atomic mass is 10.1. The second kappa shape index (κ2) is 5.35. The number of hydrogen-bond acceptors (Lipinski definition) is 3. The normalized spacial score (nSPS) is 17.0. The van der Waals surface area contributed by atoms with Crippen LogP contribution in [0.5, 0.6) is 0 Å². The Morgan fingerprint density at radius 2 is 2.24 bits per heavy atom. The van der Waals surface area contributed by atoms with Crippen molar-refractivity contribution in [3.8, 4) is 6.07 Å². The molecule has 0 aromatic carbocycles. The summed E-state index contributed by atoms with van der Waals surface area (Å²) >= 11 is 0. The first-order valence-corrected chi connectivity index (χ1v) is 6.09. The van der Waals surface area contributed by atoms with Gasteiger partial charge in [0.15, 0.2) is 0 Å². The number of nitriles is 1. The molecule has 1 N–H and O–H groups in total. The van der Waals surface area contributed by atoms with E-state index in [9.17, 15) is 0 Å². The van der Waals surface area contributed by atoms with Gasteiger partial charge in [0.1, 0.15) is 11.8 Å². The number of ether oxygens (including phenoxy) is 1. The van der Waals surface area contributed by atoms with E-state index in [2.05, 4.69) is 18.3 Å². The van der Waals surface area contributed by atoms with Gasteiger partial charge in [0.2, 0.25) is 0 Å². The first kappa shape index (κ1) is 12.2. The summed E-state index contributed by atoms with van der Waals surface area (Å²) in [7, 11) is 1.94. The van der Waals surface area contributed by atoms with Crippen LogP contribution in [-0.2, 0) is 18.3 Å². The van der Waals surface area contributed by atoms with E-state index in [0.717, 1.165) is 38.3 Å². The van der Waals surface area contributed by atoms with Gasteiger partial charge < -0.3 is 14.6 Å². The van der Waals surface area contributed by atoms with Crippen molar-refractivity contribution in [2.45, 2.75) is 32.4 Å². The summed E-state index contributed by atoms with van der Waals surface area (Å²) in [4.78, 5) is 0. The molecule has 4 nitrogen and oxygen atoms in total. The average Bonchev–Trinajstić information content (AvgIpc) is 2.65. The highest BCUT2D eigenvalue weighted by Crippen LogP contribution is 2.14. The van der Waals surface area contributed by atoms with Gasteiger partial charge in [-0.3, -0.25) is 0 Å². The third-order valence-electron chi connectivity index (χ3n) is 3.56. The molecular weight excluding hydrogens is 214 g/mol. The summed E-state index contributed by atoms with van der Waals surface area (Å²) in [5.74, 6) is 0. The minimum atomic E-state index is 0.550. The highest BCUT2D eigenvalue weighted by Gasteiger charge is 2.14. The van der Waals surface area contributed by atoms with Crippen molar-refractivity contribution in [3.63, 3.8) is 0 Å². The van der Waals surface area contributed by atoms with Crippen LogP contribution in [0.25, 0.3) is 0 Å².